The van der Waals surface area contributed by atoms with Crippen LogP contribution in [0, 0.1) is 28.6 Å². The maximum absolute atomic E-state index is 12.6. The Bertz CT molecular complexity index is 415. The van der Waals surface area contributed by atoms with Crippen molar-refractivity contribution in [2.24, 2.45) is 5.92 Å². The highest BCUT2D eigenvalue weighted by Gasteiger charge is 2.35. The highest BCUT2D eigenvalue weighted by molar-refractivity contribution is 5.78. The summed E-state index contributed by atoms with van der Waals surface area (Å²) in [5.74, 6) is 0.604. The van der Waals surface area contributed by atoms with Gasteiger partial charge < -0.3 is 4.90 Å². The first-order valence-corrected chi connectivity index (χ1v) is 8.32. The van der Waals surface area contributed by atoms with Crippen LogP contribution in [0.5, 0.6) is 0 Å². The van der Waals surface area contributed by atoms with Crippen LogP contribution in [0.4, 0.5) is 0 Å². The summed E-state index contributed by atoms with van der Waals surface area (Å²) in [6.45, 7) is 7.87. The fourth-order valence-electron chi connectivity index (χ4n) is 2.67. The predicted molar refractivity (Wildman–Crippen MR) is 85.7 cm³/mol. The molecule has 1 saturated carbocycles. The minimum atomic E-state index is 0.0487. The Hall–Kier alpha value is -1.59. The first kappa shape index (κ1) is 18.5. The number of carbonyl (C=O) groups excluding carboxylic acids is 1. The van der Waals surface area contributed by atoms with Gasteiger partial charge in [-0.05, 0) is 25.7 Å². The maximum atomic E-state index is 12.6. The minimum absolute atomic E-state index is 0.0487. The SMILES string of the molecule is CC[C@@H](C)[C@@H](C)N(CC(=O)N(CCC#N)CCC#N)C1CC1. The number of amides is 1. The molecule has 1 fully saturated rings. The van der Waals surface area contributed by atoms with Crippen molar-refractivity contribution >= 4 is 5.91 Å². The molecule has 0 saturated heterocycles. The Labute approximate surface area is 134 Å². The van der Waals surface area contributed by atoms with Gasteiger partial charge in [0.15, 0.2) is 0 Å². The minimum Gasteiger partial charge on any atom is -0.340 e. The molecule has 0 aromatic rings. The van der Waals surface area contributed by atoms with Crippen molar-refractivity contribution in [1.82, 2.24) is 9.80 Å². The molecule has 22 heavy (non-hydrogen) atoms. The molecule has 0 spiro atoms. The zero-order chi connectivity index (χ0) is 16.5. The molecule has 122 valence electrons. The first-order chi connectivity index (χ1) is 10.5. The summed E-state index contributed by atoms with van der Waals surface area (Å²) in [4.78, 5) is 16.6. The summed E-state index contributed by atoms with van der Waals surface area (Å²) in [6.07, 6.45) is 4.09. The van der Waals surface area contributed by atoms with Crippen molar-refractivity contribution in [3.05, 3.63) is 0 Å². The van der Waals surface area contributed by atoms with Gasteiger partial charge in [0.05, 0.1) is 31.5 Å². The zero-order valence-electron chi connectivity index (χ0n) is 14.1. The summed E-state index contributed by atoms with van der Waals surface area (Å²) in [6, 6.07) is 5.07. The Balaban J connectivity index is 2.66. The number of hydrogen-bond acceptors (Lipinski definition) is 4. The molecule has 0 radical (unpaired) electrons. The van der Waals surface area contributed by atoms with E-state index in [1.54, 1.807) is 4.90 Å². The van der Waals surface area contributed by atoms with Crippen molar-refractivity contribution in [3.8, 4) is 12.1 Å². The largest absolute Gasteiger partial charge is 0.340 e. The van der Waals surface area contributed by atoms with Gasteiger partial charge in [-0.1, -0.05) is 20.3 Å². The highest BCUT2D eigenvalue weighted by Crippen LogP contribution is 2.31. The van der Waals surface area contributed by atoms with E-state index >= 15 is 0 Å². The van der Waals surface area contributed by atoms with E-state index in [-0.39, 0.29) is 5.91 Å². The van der Waals surface area contributed by atoms with Crippen molar-refractivity contribution in [1.29, 1.82) is 10.5 Å². The number of rotatable bonds is 10. The van der Waals surface area contributed by atoms with Crippen LogP contribution in [0.3, 0.4) is 0 Å². The lowest BCUT2D eigenvalue weighted by molar-refractivity contribution is -0.133. The first-order valence-electron chi connectivity index (χ1n) is 8.32. The van der Waals surface area contributed by atoms with Gasteiger partial charge in [0.2, 0.25) is 5.91 Å². The number of nitriles is 2. The highest BCUT2D eigenvalue weighted by atomic mass is 16.2. The van der Waals surface area contributed by atoms with E-state index < -0.39 is 0 Å². The lowest BCUT2D eigenvalue weighted by atomic mass is 9.99. The molecule has 1 rings (SSSR count). The van der Waals surface area contributed by atoms with Gasteiger partial charge in [-0.2, -0.15) is 10.5 Å². The van der Waals surface area contributed by atoms with Crippen molar-refractivity contribution < 1.29 is 4.79 Å². The molecule has 0 aliphatic heterocycles. The Morgan fingerprint density at radius 1 is 1.18 bits per heavy atom. The predicted octanol–water partition coefficient (Wildman–Crippen LogP) is 2.54. The van der Waals surface area contributed by atoms with Crippen molar-refractivity contribution in [3.63, 3.8) is 0 Å². The monoisotopic (exact) mass is 304 g/mol. The Kier molecular flexibility index (Phi) is 7.91. The molecule has 0 aromatic carbocycles. The second-order valence-electron chi connectivity index (χ2n) is 6.23. The zero-order valence-corrected chi connectivity index (χ0v) is 14.1. The van der Waals surface area contributed by atoms with Crippen LogP contribution in [0.15, 0.2) is 0 Å². The van der Waals surface area contributed by atoms with E-state index in [0.717, 1.165) is 6.42 Å². The van der Waals surface area contributed by atoms with E-state index in [9.17, 15) is 4.79 Å². The lowest BCUT2D eigenvalue weighted by Gasteiger charge is -2.34. The summed E-state index contributed by atoms with van der Waals surface area (Å²) in [5, 5.41) is 17.5. The fraction of sp³-hybridized carbons (Fsp3) is 0.824. The number of carbonyl (C=O) groups is 1. The van der Waals surface area contributed by atoms with Crippen LogP contribution in [0.2, 0.25) is 0 Å². The molecule has 5 heteroatoms. The topological polar surface area (TPSA) is 71.1 Å². The molecule has 5 nitrogen and oxygen atoms in total. The summed E-state index contributed by atoms with van der Waals surface area (Å²) in [5.41, 5.74) is 0. The lowest BCUT2D eigenvalue weighted by Crippen LogP contribution is -2.47. The van der Waals surface area contributed by atoms with E-state index in [0.29, 0.717) is 50.5 Å². The molecular weight excluding hydrogens is 276 g/mol. The molecule has 0 aromatic heterocycles. The van der Waals surface area contributed by atoms with E-state index in [1.807, 2.05) is 0 Å². The van der Waals surface area contributed by atoms with Gasteiger partial charge in [0, 0.05) is 25.2 Å². The van der Waals surface area contributed by atoms with E-state index in [4.69, 9.17) is 10.5 Å². The van der Waals surface area contributed by atoms with E-state index in [1.165, 1.54) is 12.8 Å². The Morgan fingerprint density at radius 3 is 2.14 bits per heavy atom. The second-order valence-corrected chi connectivity index (χ2v) is 6.23. The van der Waals surface area contributed by atoms with Gasteiger partial charge in [-0.15, -0.1) is 0 Å². The molecule has 0 bridgehead atoms. The second kappa shape index (κ2) is 9.43. The summed E-state index contributed by atoms with van der Waals surface area (Å²) in [7, 11) is 0. The molecule has 0 heterocycles. The van der Waals surface area contributed by atoms with Gasteiger partial charge in [-0.25, -0.2) is 0 Å². The van der Waals surface area contributed by atoms with Crippen LogP contribution in [-0.4, -0.2) is 47.4 Å². The Morgan fingerprint density at radius 2 is 1.73 bits per heavy atom. The van der Waals surface area contributed by atoms with Gasteiger partial charge in [0.25, 0.3) is 0 Å². The van der Waals surface area contributed by atoms with Crippen molar-refractivity contribution in [2.45, 2.75) is 65.0 Å². The summed E-state index contributed by atoms with van der Waals surface area (Å²) >= 11 is 0. The number of hydrogen-bond donors (Lipinski definition) is 0. The standard InChI is InChI=1S/C17H28N4O/c1-4-14(2)15(3)21(16-7-8-16)13-17(22)20(11-5-9-18)12-6-10-19/h14-16H,4-8,11-13H2,1-3H3/t14-,15-/m1/s1. The molecule has 1 aliphatic carbocycles. The molecule has 0 N–H and O–H groups in total. The maximum Gasteiger partial charge on any atom is 0.236 e. The van der Waals surface area contributed by atoms with Crippen LogP contribution in [-0.2, 0) is 4.79 Å². The number of nitrogens with zero attached hydrogens (tertiary/aromatic N) is 4. The van der Waals surface area contributed by atoms with Crippen LogP contribution in [0.1, 0.15) is 52.9 Å². The third kappa shape index (κ3) is 5.66. The molecule has 1 aliphatic rings. The third-order valence-electron chi connectivity index (χ3n) is 4.66. The fourth-order valence-corrected chi connectivity index (χ4v) is 2.67. The van der Waals surface area contributed by atoms with Crippen LogP contribution >= 0.6 is 0 Å². The van der Waals surface area contributed by atoms with Crippen LogP contribution in [0.25, 0.3) is 0 Å². The average molecular weight is 304 g/mol. The molecule has 0 unspecified atom stereocenters. The normalized spacial score (nSPS) is 16.6. The third-order valence-corrected chi connectivity index (χ3v) is 4.66. The summed E-state index contributed by atoms with van der Waals surface area (Å²) < 4.78 is 0. The van der Waals surface area contributed by atoms with E-state index in [2.05, 4.69) is 37.8 Å². The van der Waals surface area contributed by atoms with Crippen molar-refractivity contribution in [2.75, 3.05) is 19.6 Å². The molecule has 1 amide bonds. The van der Waals surface area contributed by atoms with Gasteiger partial charge >= 0.3 is 0 Å². The molecular formula is C17H28N4O. The van der Waals surface area contributed by atoms with Gasteiger partial charge in [-0.3, -0.25) is 9.69 Å². The quantitative estimate of drug-likeness (QED) is 0.622. The average Bonchev–Trinajstić information content (AvgIpc) is 3.35. The van der Waals surface area contributed by atoms with Gasteiger partial charge in [0.1, 0.15) is 0 Å². The van der Waals surface area contributed by atoms with Crippen LogP contribution < -0.4 is 0 Å². The smallest absolute Gasteiger partial charge is 0.236 e. The molecule has 2 atom stereocenters.